The third-order valence-electron chi connectivity index (χ3n) is 3.09. The molecular weight excluding hydrogens is 419 g/mol. The van der Waals surface area contributed by atoms with Gasteiger partial charge in [-0.2, -0.15) is 0 Å². The number of hydrogen-bond donors (Lipinski definition) is 1. The number of benzene rings is 2. The third-order valence-corrected chi connectivity index (χ3v) is 4.39. The van der Waals surface area contributed by atoms with E-state index in [1.165, 1.54) is 13.2 Å². The molecule has 0 amide bonds. The predicted octanol–water partition coefficient (Wildman–Crippen LogP) is 5.44. The first kappa shape index (κ1) is 18.6. The quantitative estimate of drug-likeness (QED) is 0.618. The van der Waals surface area contributed by atoms with E-state index < -0.39 is 5.97 Å². The van der Waals surface area contributed by atoms with E-state index in [2.05, 4.69) is 15.9 Å². The number of carboxylic acids is 1. The minimum Gasteiger partial charge on any atom is -0.493 e. The first-order valence-electron chi connectivity index (χ1n) is 6.76. The van der Waals surface area contributed by atoms with Gasteiger partial charge in [0.2, 0.25) is 0 Å². The van der Waals surface area contributed by atoms with Crippen LogP contribution in [0.3, 0.4) is 0 Å². The molecule has 0 atom stereocenters. The molecule has 2 aromatic carbocycles. The summed E-state index contributed by atoms with van der Waals surface area (Å²) in [4.78, 5) is 10.6. The molecule has 0 bridgehead atoms. The van der Waals surface area contributed by atoms with E-state index in [0.29, 0.717) is 37.1 Å². The summed E-state index contributed by atoms with van der Waals surface area (Å²) in [5, 5.41) is 9.73. The van der Waals surface area contributed by atoms with Crippen LogP contribution >= 0.6 is 39.1 Å². The second-order valence-electron chi connectivity index (χ2n) is 4.69. The van der Waals surface area contributed by atoms with E-state index in [4.69, 9.17) is 37.8 Å². The van der Waals surface area contributed by atoms with Crippen molar-refractivity contribution in [1.29, 1.82) is 0 Å². The fraction of sp³-hybridized carbons (Fsp3) is 0.118. The van der Waals surface area contributed by atoms with Crippen molar-refractivity contribution >= 4 is 51.2 Å². The van der Waals surface area contributed by atoms with Crippen LogP contribution in [0, 0.1) is 0 Å². The molecule has 2 aromatic rings. The van der Waals surface area contributed by atoms with Gasteiger partial charge in [-0.1, -0.05) is 29.3 Å². The maximum absolute atomic E-state index is 10.6. The van der Waals surface area contributed by atoms with E-state index in [0.717, 1.165) is 6.08 Å². The predicted molar refractivity (Wildman–Crippen MR) is 98.2 cm³/mol. The highest BCUT2D eigenvalue weighted by atomic mass is 79.9. The molecule has 24 heavy (non-hydrogen) atoms. The Morgan fingerprint density at radius 2 is 1.96 bits per heavy atom. The lowest BCUT2D eigenvalue weighted by atomic mass is 10.2. The minimum absolute atomic E-state index is 0.164. The van der Waals surface area contributed by atoms with Gasteiger partial charge in [0.15, 0.2) is 11.5 Å². The van der Waals surface area contributed by atoms with Gasteiger partial charge in [0.1, 0.15) is 6.61 Å². The zero-order valence-electron chi connectivity index (χ0n) is 12.6. The monoisotopic (exact) mass is 430 g/mol. The van der Waals surface area contributed by atoms with Crippen LogP contribution in [-0.4, -0.2) is 18.2 Å². The van der Waals surface area contributed by atoms with E-state index in [-0.39, 0.29) is 6.61 Å². The summed E-state index contributed by atoms with van der Waals surface area (Å²) >= 11 is 15.7. The third kappa shape index (κ3) is 4.66. The van der Waals surface area contributed by atoms with E-state index in [1.807, 2.05) is 0 Å². The Balaban J connectivity index is 2.28. The molecule has 0 spiro atoms. The van der Waals surface area contributed by atoms with Gasteiger partial charge >= 0.3 is 5.97 Å². The van der Waals surface area contributed by atoms with Crippen LogP contribution in [0.4, 0.5) is 0 Å². The van der Waals surface area contributed by atoms with Crippen LogP contribution in [0.5, 0.6) is 11.5 Å². The minimum atomic E-state index is -1.03. The van der Waals surface area contributed by atoms with E-state index in [9.17, 15) is 4.79 Å². The topological polar surface area (TPSA) is 55.8 Å². The van der Waals surface area contributed by atoms with Crippen molar-refractivity contribution in [1.82, 2.24) is 0 Å². The highest BCUT2D eigenvalue weighted by Gasteiger charge is 2.13. The van der Waals surface area contributed by atoms with Crippen molar-refractivity contribution in [2.24, 2.45) is 0 Å². The molecule has 0 radical (unpaired) electrons. The molecule has 0 fully saturated rings. The van der Waals surface area contributed by atoms with E-state index in [1.54, 1.807) is 30.3 Å². The Labute approximate surface area is 157 Å². The fourth-order valence-electron chi connectivity index (χ4n) is 1.96. The number of carbonyl (C=O) groups is 1. The van der Waals surface area contributed by atoms with Crippen molar-refractivity contribution < 1.29 is 19.4 Å². The van der Waals surface area contributed by atoms with Gasteiger partial charge in [-0.25, -0.2) is 4.79 Å². The van der Waals surface area contributed by atoms with Crippen molar-refractivity contribution in [2.75, 3.05) is 7.11 Å². The summed E-state index contributed by atoms with van der Waals surface area (Å²) in [5.74, 6) is -0.0997. The Bertz CT molecular complexity index is 770. The highest BCUT2D eigenvalue weighted by Crippen LogP contribution is 2.38. The number of ether oxygens (including phenoxy) is 2. The average molecular weight is 432 g/mol. The fourth-order valence-corrected chi connectivity index (χ4v) is 3.04. The summed E-state index contributed by atoms with van der Waals surface area (Å²) < 4.78 is 11.7. The molecule has 4 nitrogen and oxygen atoms in total. The summed E-state index contributed by atoms with van der Waals surface area (Å²) in [7, 11) is 1.50. The van der Waals surface area contributed by atoms with E-state index >= 15 is 0 Å². The Morgan fingerprint density at radius 1 is 1.29 bits per heavy atom. The molecule has 7 heteroatoms. The van der Waals surface area contributed by atoms with Crippen molar-refractivity contribution in [3.63, 3.8) is 0 Å². The maximum atomic E-state index is 10.6. The van der Waals surface area contributed by atoms with Crippen LogP contribution in [0.1, 0.15) is 11.1 Å². The summed E-state index contributed by atoms with van der Waals surface area (Å²) in [6.45, 7) is 0.164. The lowest BCUT2D eigenvalue weighted by Crippen LogP contribution is -2.00. The molecule has 0 saturated heterocycles. The van der Waals surface area contributed by atoms with Gasteiger partial charge in [0.25, 0.3) is 0 Å². The average Bonchev–Trinajstić information content (AvgIpc) is 2.53. The van der Waals surface area contributed by atoms with Crippen LogP contribution < -0.4 is 9.47 Å². The summed E-state index contributed by atoms with van der Waals surface area (Å²) in [5.41, 5.74) is 1.33. The number of methoxy groups -OCH3 is 1. The molecule has 0 saturated carbocycles. The SMILES string of the molecule is COc1cc(C=CC(=O)O)cc(Br)c1OCc1c(Cl)cccc1Cl. The summed E-state index contributed by atoms with van der Waals surface area (Å²) in [6.07, 6.45) is 2.51. The van der Waals surface area contributed by atoms with Gasteiger partial charge in [-0.3, -0.25) is 0 Å². The Hall–Kier alpha value is -1.69. The molecule has 2 rings (SSSR count). The molecule has 126 valence electrons. The lowest BCUT2D eigenvalue weighted by Gasteiger charge is -2.15. The molecule has 0 aliphatic heterocycles. The van der Waals surface area contributed by atoms with Crippen molar-refractivity contribution in [3.8, 4) is 11.5 Å². The van der Waals surface area contributed by atoms with Crippen molar-refractivity contribution in [2.45, 2.75) is 6.61 Å². The smallest absolute Gasteiger partial charge is 0.328 e. The van der Waals surface area contributed by atoms with Crippen LogP contribution in [0.2, 0.25) is 10.0 Å². The second kappa shape index (κ2) is 8.42. The van der Waals surface area contributed by atoms with Crippen LogP contribution in [0.15, 0.2) is 40.9 Å². The molecule has 0 aliphatic rings. The number of rotatable bonds is 6. The maximum Gasteiger partial charge on any atom is 0.328 e. The van der Waals surface area contributed by atoms with Crippen molar-refractivity contribution in [3.05, 3.63) is 62.1 Å². The van der Waals surface area contributed by atoms with Gasteiger partial charge in [0.05, 0.1) is 11.6 Å². The first-order valence-corrected chi connectivity index (χ1v) is 8.31. The Morgan fingerprint density at radius 3 is 2.54 bits per heavy atom. The first-order chi connectivity index (χ1) is 11.4. The zero-order chi connectivity index (χ0) is 17.7. The number of halogens is 3. The van der Waals surface area contributed by atoms with Crippen LogP contribution in [-0.2, 0) is 11.4 Å². The van der Waals surface area contributed by atoms with Crippen LogP contribution in [0.25, 0.3) is 6.08 Å². The molecule has 0 unspecified atom stereocenters. The lowest BCUT2D eigenvalue weighted by molar-refractivity contribution is -0.131. The Kier molecular flexibility index (Phi) is 6.54. The molecular formula is C17H13BrCl2O4. The van der Waals surface area contributed by atoms with Gasteiger partial charge < -0.3 is 14.6 Å². The molecule has 1 N–H and O–H groups in total. The number of carboxylic acid groups (broad SMARTS) is 1. The molecule has 0 aromatic heterocycles. The molecule has 0 heterocycles. The zero-order valence-corrected chi connectivity index (χ0v) is 15.7. The summed E-state index contributed by atoms with van der Waals surface area (Å²) in [6, 6.07) is 8.63. The van der Waals surface area contributed by atoms with Gasteiger partial charge in [-0.05, 0) is 51.8 Å². The van der Waals surface area contributed by atoms with Gasteiger partial charge in [0, 0.05) is 21.7 Å². The second-order valence-corrected chi connectivity index (χ2v) is 6.36. The number of aliphatic carboxylic acids is 1. The largest absolute Gasteiger partial charge is 0.493 e. The van der Waals surface area contributed by atoms with Gasteiger partial charge in [-0.15, -0.1) is 0 Å². The standard InChI is InChI=1S/C17H13BrCl2O4/c1-23-15-8-10(5-6-16(21)22)7-12(18)17(15)24-9-11-13(19)3-2-4-14(11)20/h2-8H,9H2,1H3,(H,21,22). The number of hydrogen-bond acceptors (Lipinski definition) is 3. The molecule has 0 aliphatic carbocycles. The normalized spacial score (nSPS) is 10.8. The highest BCUT2D eigenvalue weighted by molar-refractivity contribution is 9.10.